The molecule has 0 bridgehead atoms. The topological polar surface area (TPSA) is 187 Å². The Morgan fingerprint density at radius 2 is 1.90 bits per heavy atom. The van der Waals surface area contributed by atoms with Crippen LogP contribution >= 0.6 is 0 Å². The maximum Gasteiger partial charge on any atom is 0.318 e. The molecule has 2 fully saturated rings. The van der Waals surface area contributed by atoms with Crippen LogP contribution in [0.15, 0.2) is 24.3 Å². The van der Waals surface area contributed by atoms with Crippen LogP contribution in [0.2, 0.25) is 0 Å². The summed E-state index contributed by atoms with van der Waals surface area (Å²) in [4.78, 5) is 22.7. The number of benzene rings is 1. The molecule has 6 N–H and O–H groups in total. The molecule has 0 aliphatic carbocycles. The van der Waals surface area contributed by atoms with E-state index in [-0.39, 0.29) is 5.75 Å². The Hall–Kier alpha value is -2.49. The van der Waals surface area contributed by atoms with Crippen LogP contribution in [-0.4, -0.2) is 90.8 Å². The van der Waals surface area contributed by atoms with Gasteiger partial charge in [0.1, 0.15) is 30.2 Å². The van der Waals surface area contributed by atoms with Gasteiger partial charge in [0.2, 0.25) is 12.2 Å². The lowest BCUT2D eigenvalue weighted by atomic mass is 9.99. The zero-order valence-electron chi connectivity index (χ0n) is 15.8. The number of carbonyl (C=O) groups excluding carboxylic acids is 2. The van der Waals surface area contributed by atoms with Gasteiger partial charge in [0.25, 0.3) is 0 Å². The average Bonchev–Trinajstić information content (AvgIpc) is 2.96. The second-order valence-corrected chi connectivity index (χ2v) is 8.35. The quantitative estimate of drug-likeness (QED) is 0.280. The van der Waals surface area contributed by atoms with Gasteiger partial charge in [0, 0.05) is 19.3 Å². The summed E-state index contributed by atoms with van der Waals surface area (Å²) in [7, 11) is -2.60. The molecule has 2 heterocycles. The molecular weight excluding hydrogens is 424 g/mol. The molecule has 0 aromatic heterocycles. The maximum atomic E-state index is 11.9. The van der Waals surface area contributed by atoms with E-state index < -0.39 is 65.9 Å². The van der Waals surface area contributed by atoms with Crippen LogP contribution in [0.3, 0.4) is 0 Å². The summed E-state index contributed by atoms with van der Waals surface area (Å²) in [6, 6.07) is 5.58. The Morgan fingerprint density at radius 3 is 2.47 bits per heavy atom. The predicted molar refractivity (Wildman–Crippen MR) is 100 cm³/mol. The van der Waals surface area contributed by atoms with Crippen molar-refractivity contribution in [1.82, 2.24) is 14.3 Å². The summed E-state index contributed by atoms with van der Waals surface area (Å²) in [6.07, 6.45) is -7.64. The first-order valence-corrected chi connectivity index (χ1v) is 10.3. The number of ether oxygens (including phenoxy) is 2. The van der Waals surface area contributed by atoms with Crippen LogP contribution < -0.4 is 20.1 Å². The molecule has 2 aliphatic rings. The van der Waals surface area contributed by atoms with Crippen molar-refractivity contribution in [2.75, 3.05) is 25.5 Å². The monoisotopic (exact) mass is 446 g/mol. The molecular formula is C16H22N4O9S. The zero-order chi connectivity index (χ0) is 22.1. The minimum Gasteiger partial charge on any atom is -0.462 e. The smallest absolute Gasteiger partial charge is 0.318 e. The van der Waals surface area contributed by atoms with Crippen LogP contribution in [0.1, 0.15) is 0 Å². The number of nitrogens with zero attached hydrogens (tertiary/aromatic N) is 1. The Balaban J connectivity index is 1.68. The van der Waals surface area contributed by atoms with E-state index in [0.29, 0.717) is 5.69 Å². The van der Waals surface area contributed by atoms with E-state index in [0.717, 1.165) is 4.31 Å². The van der Waals surface area contributed by atoms with Crippen molar-refractivity contribution < 1.29 is 42.8 Å². The summed E-state index contributed by atoms with van der Waals surface area (Å²) in [6.45, 7) is -0.903. The van der Waals surface area contributed by atoms with Crippen molar-refractivity contribution in [3.63, 3.8) is 0 Å². The van der Waals surface area contributed by atoms with Gasteiger partial charge in [-0.2, -0.15) is 12.7 Å². The summed E-state index contributed by atoms with van der Waals surface area (Å²) in [5, 5.41) is 35.4. The van der Waals surface area contributed by atoms with E-state index in [2.05, 4.69) is 10.6 Å². The van der Waals surface area contributed by atoms with E-state index >= 15 is 0 Å². The van der Waals surface area contributed by atoms with Crippen LogP contribution in [0.25, 0.3) is 0 Å². The number of amides is 3. The molecule has 0 radical (unpaired) electrons. The third-order valence-electron chi connectivity index (χ3n) is 4.55. The van der Waals surface area contributed by atoms with Crippen molar-refractivity contribution >= 4 is 27.8 Å². The predicted octanol–water partition coefficient (Wildman–Crippen LogP) is -2.70. The molecule has 166 valence electrons. The summed E-state index contributed by atoms with van der Waals surface area (Å²) >= 11 is 0. The summed E-state index contributed by atoms with van der Waals surface area (Å²) in [5.41, 5.74) is 0.469. The summed E-state index contributed by atoms with van der Waals surface area (Å²) in [5.74, 6) is -0.520. The first-order valence-electron chi connectivity index (χ1n) is 8.86. The molecule has 3 rings (SSSR count). The van der Waals surface area contributed by atoms with Gasteiger partial charge >= 0.3 is 16.2 Å². The highest BCUT2D eigenvalue weighted by molar-refractivity contribution is 7.88. The number of carbonyl (C=O) groups is 2. The van der Waals surface area contributed by atoms with Gasteiger partial charge in [-0.1, -0.05) is 0 Å². The van der Waals surface area contributed by atoms with Gasteiger partial charge in [0.05, 0.1) is 6.54 Å². The molecule has 2 aliphatic heterocycles. The lowest BCUT2D eigenvalue weighted by molar-refractivity contribution is -0.272. The molecule has 2 saturated heterocycles. The van der Waals surface area contributed by atoms with Crippen LogP contribution in [-0.2, 0) is 19.7 Å². The SMILES string of the molecule is CNC(=O)Nc1ccc(OC2O[C@H](CN3CC(=O)NS3(=O)=O)[C@@H](O)[C@H](O)[C@@H]2O)cc1. The van der Waals surface area contributed by atoms with E-state index in [9.17, 15) is 33.3 Å². The second-order valence-electron chi connectivity index (χ2n) is 6.68. The highest BCUT2D eigenvalue weighted by Crippen LogP contribution is 2.26. The number of rotatable bonds is 5. The van der Waals surface area contributed by atoms with Crippen molar-refractivity contribution in [1.29, 1.82) is 0 Å². The number of nitrogens with one attached hydrogen (secondary N) is 3. The molecule has 1 unspecified atom stereocenters. The number of aliphatic hydroxyl groups excluding tert-OH is 3. The first-order chi connectivity index (χ1) is 14.1. The van der Waals surface area contributed by atoms with Gasteiger partial charge in [-0.05, 0) is 24.3 Å². The molecule has 13 nitrogen and oxygen atoms in total. The van der Waals surface area contributed by atoms with E-state index in [4.69, 9.17) is 9.47 Å². The maximum absolute atomic E-state index is 11.9. The van der Waals surface area contributed by atoms with E-state index in [1.165, 1.54) is 31.3 Å². The third kappa shape index (κ3) is 4.80. The van der Waals surface area contributed by atoms with Gasteiger partial charge in [-0.3, -0.25) is 4.79 Å². The third-order valence-corrected chi connectivity index (χ3v) is 5.99. The summed E-state index contributed by atoms with van der Waals surface area (Å²) < 4.78 is 37.3. The van der Waals surface area contributed by atoms with Crippen LogP contribution in [0.4, 0.5) is 10.5 Å². The Bertz CT molecular complexity index is 894. The normalized spacial score (nSPS) is 31.1. The van der Waals surface area contributed by atoms with Crippen molar-refractivity contribution in [2.24, 2.45) is 0 Å². The fourth-order valence-electron chi connectivity index (χ4n) is 2.96. The van der Waals surface area contributed by atoms with Gasteiger partial charge in [0.15, 0.2) is 0 Å². The second kappa shape index (κ2) is 8.71. The van der Waals surface area contributed by atoms with E-state index in [1.807, 2.05) is 0 Å². The Labute approximate surface area is 171 Å². The lowest BCUT2D eigenvalue weighted by Crippen LogP contribution is -2.61. The minimum absolute atomic E-state index is 0.217. The highest BCUT2D eigenvalue weighted by atomic mass is 32.2. The number of urea groups is 1. The fourth-order valence-corrected chi connectivity index (χ4v) is 4.07. The largest absolute Gasteiger partial charge is 0.462 e. The van der Waals surface area contributed by atoms with Gasteiger partial charge in [-0.25, -0.2) is 9.52 Å². The minimum atomic E-state index is -4.07. The molecule has 1 aromatic carbocycles. The van der Waals surface area contributed by atoms with Crippen molar-refractivity contribution in [3.8, 4) is 5.75 Å². The van der Waals surface area contributed by atoms with Gasteiger partial charge in [-0.15, -0.1) is 0 Å². The molecule has 1 aromatic rings. The number of hydrogen-bond donors (Lipinski definition) is 6. The average molecular weight is 446 g/mol. The van der Waals surface area contributed by atoms with Crippen LogP contribution in [0, 0.1) is 0 Å². The first kappa shape index (κ1) is 22.2. The lowest BCUT2D eigenvalue weighted by Gasteiger charge is -2.40. The molecule has 0 spiro atoms. The van der Waals surface area contributed by atoms with E-state index in [1.54, 1.807) is 4.72 Å². The molecule has 3 amide bonds. The number of hydrogen-bond acceptors (Lipinski definition) is 9. The van der Waals surface area contributed by atoms with Crippen molar-refractivity contribution in [2.45, 2.75) is 30.7 Å². The van der Waals surface area contributed by atoms with Gasteiger partial charge < -0.3 is 35.4 Å². The fraction of sp³-hybridized carbons (Fsp3) is 0.500. The zero-order valence-corrected chi connectivity index (χ0v) is 16.6. The molecule has 30 heavy (non-hydrogen) atoms. The highest BCUT2D eigenvalue weighted by Gasteiger charge is 2.47. The van der Waals surface area contributed by atoms with Crippen molar-refractivity contribution in [3.05, 3.63) is 24.3 Å². The number of aliphatic hydroxyl groups is 3. The Morgan fingerprint density at radius 1 is 1.23 bits per heavy atom. The molecule has 0 saturated carbocycles. The molecule has 5 atom stereocenters. The Kier molecular flexibility index (Phi) is 6.44. The molecule has 14 heteroatoms. The van der Waals surface area contributed by atoms with Crippen LogP contribution in [0.5, 0.6) is 5.75 Å². The number of anilines is 1. The standard InChI is InChI=1S/C16H22N4O9S/c1-17-16(25)18-8-2-4-9(5-3-8)28-15-14(24)13(23)12(22)10(29-15)6-20-7-11(21)19-30(20,26)27/h2-5,10,12-15,22-24H,6-7H2,1H3,(H,19,21)(H2,17,18,25)/t10-,12-,13+,14+,15?/m1/s1.